The van der Waals surface area contributed by atoms with Crippen LogP contribution in [0.25, 0.3) is 0 Å². The summed E-state index contributed by atoms with van der Waals surface area (Å²) in [5.41, 5.74) is 1.85. The summed E-state index contributed by atoms with van der Waals surface area (Å²) in [6.07, 6.45) is 2.05. The van der Waals surface area contributed by atoms with Crippen molar-refractivity contribution in [3.05, 3.63) is 54.4 Å². The highest BCUT2D eigenvalue weighted by atomic mass is 16.2. The molecule has 0 radical (unpaired) electrons. The lowest BCUT2D eigenvalue weighted by atomic mass is 10.1. The van der Waals surface area contributed by atoms with Gasteiger partial charge in [-0.05, 0) is 31.2 Å². The summed E-state index contributed by atoms with van der Waals surface area (Å²) in [6, 6.07) is 12.8. The normalized spacial score (nSPS) is 17.3. The fourth-order valence-electron chi connectivity index (χ4n) is 2.88. The molecule has 23 heavy (non-hydrogen) atoms. The summed E-state index contributed by atoms with van der Waals surface area (Å²) in [7, 11) is 0. The number of amides is 3. The van der Waals surface area contributed by atoms with E-state index in [0.717, 1.165) is 13.1 Å². The first-order valence-electron chi connectivity index (χ1n) is 7.68. The van der Waals surface area contributed by atoms with Crippen LogP contribution in [0.15, 0.2) is 48.7 Å². The van der Waals surface area contributed by atoms with Crippen LogP contribution in [0.5, 0.6) is 0 Å². The number of benzene rings is 1. The molecule has 6 heteroatoms. The maximum atomic E-state index is 12.1. The lowest BCUT2D eigenvalue weighted by Gasteiger charge is -2.34. The number of carbonyl (C=O) groups is 2. The standard InChI is InChI=1S/C17H20N4O2/c1-13-15-8-5-9-20(15)10-11-21(13)12-16(22)19-17(23)18-14-6-3-2-4-7-14/h2-9,13H,10-12H2,1H3,(H2,18,19,22,23). The summed E-state index contributed by atoms with van der Waals surface area (Å²) >= 11 is 0. The summed E-state index contributed by atoms with van der Waals surface area (Å²) in [4.78, 5) is 26.0. The third-order valence-corrected chi connectivity index (χ3v) is 4.10. The van der Waals surface area contributed by atoms with Crippen LogP contribution in [-0.4, -0.2) is 34.5 Å². The number of rotatable bonds is 3. The van der Waals surface area contributed by atoms with Crippen LogP contribution in [0.3, 0.4) is 0 Å². The number of aromatic nitrogens is 1. The van der Waals surface area contributed by atoms with Gasteiger partial charge in [0.25, 0.3) is 0 Å². The van der Waals surface area contributed by atoms with Crippen molar-refractivity contribution < 1.29 is 9.59 Å². The highest BCUT2D eigenvalue weighted by Gasteiger charge is 2.25. The van der Waals surface area contributed by atoms with E-state index in [-0.39, 0.29) is 18.5 Å². The second kappa shape index (κ2) is 6.66. The van der Waals surface area contributed by atoms with Gasteiger partial charge in [0.1, 0.15) is 0 Å². The van der Waals surface area contributed by atoms with Gasteiger partial charge < -0.3 is 9.88 Å². The molecule has 120 valence electrons. The molecule has 2 N–H and O–H groups in total. The Balaban J connectivity index is 1.53. The molecule has 2 heterocycles. The molecule has 0 fully saturated rings. The average molecular weight is 312 g/mol. The Labute approximate surface area is 135 Å². The van der Waals surface area contributed by atoms with E-state index in [4.69, 9.17) is 0 Å². The van der Waals surface area contributed by atoms with Gasteiger partial charge in [-0.25, -0.2) is 4.79 Å². The van der Waals surface area contributed by atoms with Crippen LogP contribution in [0.2, 0.25) is 0 Å². The molecule has 0 saturated heterocycles. The van der Waals surface area contributed by atoms with Gasteiger partial charge in [-0.2, -0.15) is 0 Å². The van der Waals surface area contributed by atoms with E-state index in [2.05, 4.69) is 39.3 Å². The highest BCUT2D eigenvalue weighted by Crippen LogP contribution is 2.24. The minimum Gasteiger partial charge on any atom is -0.349 e. The first-order valence-corrected chi connectivity index (χ1v) is 7.68. The van der Waals surface area contributed by atoms with Gasteiger partial charge in [0.2, 0.25) is 5.91 Å². The molecule has 1 aliphatic heterocycles. The largest absolute Gasteiger partial charge is 0.349 e. The smallest absolute Gasteiger partial charge is 0.325 e. The first-order chi connectivity index (χ1) is 11.1. The van der Waals surface area contributed by atoms with Crippen molar-refractivity contribution in [1.82, 2.24) is 14.8 Å². The molecule has 3 amide bonds. The second-order valence-electron chi connectivity index (χ2n) is 5.64. The second-order valence-corrected chi connectivity index (χ2v) is 5.64. The summed E-state index contributed by atoms with van der Waals surface area (Å²) in [6.45, 7) is 3.92. The van der Waals surface area contributed by atoms with E-state index in [1.165, 1.54) is 5.69 Å². The van der Waals surface area contributed by atoms with E-state index >= 15 is 0 Å². The Kier molecular flexibility index (Phi) is 4.43. The zero-order valence-electron chi connectivity index (χ0n) is 13.0. The molecular formula is C17H20N4O2. The molecule has 1 aromatic carbocycles. The van der Waals surface area contributed by atoms with E-state index < -0.39 is 6.03 Å². The molecule has 1 aromatic heterocycles. The van der Waals surface area contributed by atoms with Gasteiger partial charge in [0, 0.05) is 36.7 Å². The van der Waals surface area contributed by atoms with E-state index in [1.807, 2.05) is 24.3 Å². The van der Waals surface area contributed by atoms with Crippen molar-refractivity contribution in [3.8, 4) is 0 Å². The van der Waals surface area contributed by atoms with E-state index in [9.17, 15) is 9.59 Å². The van der Waals surface area contributed by atoms with E-state index in [1.54, 1.807) is 12.1 Å². The van der Waals surface area contributed by atoms with Crippen molar-refractivity contribution >= 4 is 17.6 Å². The molecular weight excluding hydrogens is 292 g/mol. The van der Waals surface area contributed by atoms with Crippen molar-refractivity contribution in [3.63, 3.8) is 0 Å². The minimum atomic E-state index is -0.505. The number of para-hydroxylation sites is 1. The lowest BCUT2D eigenvalue weighted by Crippen LogP contribution is -2.45. The Morgan fingerprint density at radius 2 is 1.91 bits per heavy atom. The number of fused-ring (bicyclic) bond motifs is 1. The van der Waals surface area contributed by atoms with Gasteiger partial charge in [0.05, 0.1) is 6.54 Å². The monoisotopic (exact) mass is 312 g/mol. The lowest BCUT2D eigenvalue weighted by molar-refractivity contribution is -0.121. The molecule has 0 bridgehead atoms. The Hall–Kier alpha value is -2.60. The quantitative estimate of drug-likeness (QED) is 0.913. The summed E-state index contributed by atoms with van der Waals surface area (Å²) in [5.74, 6) is -0.301. The predicted molar refractivity (Wildman–Crippen MR) is 88.0 cm³/mol. The summed E-state index contributed by atoms with van der Waals surface area (Å²) in [5, 5.41) is 5.02. The highest BCUT2D eigenvalue weighted by molar-refractivity contribution is 6.01. The topological polar surface area (TPSA) is 66.4 Å². The van der Waals surface area contributed by atoms with Gasteiger partial charge in [0.15, 0.2) is 0 Å². The molecule has 1 aliphatic rings. The number of carbonyl (C=O) groups excluding carboxylic acids is 2. The third-order valence-electron chi connectivity index (χ3n) is 4.10. The van der Waals surface area contributed by atoms with Crippen LogP contribution >= 0.6 is 0 Å². The molecule has 1 atom stereocenters. The van der Waals surface area contributed by atoms with Gasteiger partial charge >= 0.3 is 6.03 Å². The van der Waals surface area contributed by atoms with Gasteiger partial charge in [-0.15, -0.1) is 0 Å². The van der Waals surface area contributed by atoms with Gasteiger partial charge in [-0.1, -0.05) is 18.2 Å². The fraction of sp³-hybridized carbons (Fsp3) is 0.294. The Bertz CT molecular complexity index is 696. The van der Waals surface area contributed by atoms with Crippen LogP contribution < -0.4 is 10.6 Å². The molecule has 1 unspecified atom stereocenters. The number of hydrogen-bond donors (Lipinski definition) is 2. The molecule has 0 saturated carbocycles. The number of anilines is 1. The SMILES string of the molecule is CC1c2cccn2CCN1CC(=O)NC(=O)Nc1ccccc1. The maximum absolute atomic E-state index is 12.1. The first kappa shape index (κ1) is 15.3. The van der Waals surface area contributed by atoms with Crippen LogP contribution in [0.4, 0.5) is 10.5 Å². The van der Waals surface area contributed by atoms with Crippen molar-refractivity contribution in [2.45, 2.75) is 19.5 Å². The van der Waals surface area contributed by atoms with Crippen molar-refractivity contribution in [2.24, 2.45) is 0 Å². The number of nitrogens with zero attached hydrogens (tertiary/aromatic N) is 2. The van der Waals surface area contributed by atoms with Gasteiger partial charge in [-0.3, -0.25) is 15.0 Å². The predicted octanol–water partition coefficient (Wildman–Crippen LogP) is 2.21. The fourth-order valence-corrected chi connectivity index (χ4v) is 2.88. The van der Waals surface area contributed by atoms with Crippen molar-refractivity contribution in [1.29, 1.82) is 0 Å². The minimum absolute atomic E-state index is 0.154. The Morgan fingerprint density at radius 1 is 1.13 bits per heavy atom. The number of hydrogen-bond acceptors (Lipinski definition) is 3. The molecule has 3 rings (SSSR count). The van der Waals surface area contributed by atoms with Crippen molar-refractivity contribution in [2.75, 3.05) is 18.4 Å². The van der Waals surface area contributed by atoms with E-state index in [0.29, 0.717) is 5.69 Å². The molecule has 0 spiro atoms. The zero-order valence-corrected chi connectivity index (χ0v) is 13.0. The average Bonchev–Trinajstić information content (AvgIpc) is 3.00. The van der Waals surface area contributed by atoms with Crippen LogP contribution in [0.1, 0.15) is 18.7 Å². The molecule has 0 aliphatic carbocycles. The van der Waals surface area contributed by atoms with Crippen LogP contribution in [0, 0.1) is 0 Å². The maximum Gasteiger partial charge on any atom is 0.325 e. The number of imide groups is 1. The zero-order chi connectivity index (χ0) is 16.2. The molecule has 2 aromatic rings. The summed E-state index contributed by atoms with van der Waals surface area (Å²) < 4.78 is 2.20. The third kappa shape index (κ3) is 3.60. The number of nitrogens with one attached hydrogen (secondary N) is 2. The van der Waals surface area contributed by atoms with Crippen LogP contribution in [-0.2, 0) is 11.3 Å². The Morgan fingerprint density at radius 3 is 2.70 bits per heavy atom. The molecule has 6 nitrogen and oxygen atoms in total. The number of urea groups is 1.